The molecule has 0 amide bonds. The third-order valence-electron chi connectivity index (χ3n) is 2.26. The molecule has 0 saturated heterocycles. The van der Waals surface area contributed by atoms with Crippen LogP contribution in [0.5, 0.6) is 0 Å². The van der Waals surface area contributed by atoms with Crippen molar-refractivity contribution in [2.75, 3.05) is 17.6 Å². The highest BCUT2D eigenvalue weighted by molar-refractivity contribution is 7.92. The normalized spacial score (nSPS) is 10.8. The number of sulfonamides is 1. The van der Waals surface area contributed by atoms with Crippen molar-refractivity contribution in [3.05, 3.63) is 29.8 Å². The lowest BCUT2D eigenvalue weighted by molar-refractivity contribution is -0.135. The number of nitrogens with one attached hydrogen (secondary N) is 1. The lowest BCUT2D eigenvalue weighted by Gasteiger charge is -2.07. The smallest absolute Gasteiger partial charge is 0.379 e. The fraction of sp³-hybridized carbons (Fsp3) is 0.333. The summed E-state index contributed by atoms with van der Waals surface area (Å²) in [6.45, 7) is 1.76. The van der Waals surface area contributed by atoms with Gasteiger partial charge in [-0.1, -0.05) is 6.92 Å². The Morgan fingerprint density at radius 2 is 1.79 bits per heavy atom. The number of ketones is 1. The van der Waals surface area contributed by atoms with E-state index in [4.69, 9.17) is 0 Å². The van der Waals surface area contributed by atoms with E-state index < -0.39 is 21.8 Å². The molecule has 0 atom stereocenters. The molecule has 0 aliphatic heterocycles. The first-order valence-corrected chi connectivity index (χ1v) is 7.28. The lowest BCUT2D eigenvalue weighted by atomic mass is 10.1. The number of esters is 1. The van der Waals surface area contributed by atoms with Crippen molar-refractivity contribution in [3.8, 4) is 0 Å². The van der Waals surface area contributed by atoms with Crippen LogP contribution in [0.25, 0.3) is 0 Å². The monoisotopic (exact) mass is 285 g/mol. The Kier molecular flexibility index (Phi) is 5.05. The molecule has 1 rings (SSSR count). The van der Waals surface area contributed by atoms with Crippen LogP contribution in [-0.4, -0.2) is 33.0 Å². The first kappa shape index (κ1) is 15.2. The van der Waals surface area contributed by atoms with Gasteiger partial charge in [0.2, 0.25) is 10.0 Å². The van der Waals surface area contributed by atoms with Crippen molar-refractivity contribution >= 4 is 27.5 Å². The van der Waals surface area contributed by atoms with E-state index >= 15 is 0 Å². The highest BCUT2D eigenvalue weighted by Gasteiger charge is 2.16. The van der Waals surface area contributed by atoms with Gasteiger partial charge in [0.15, 0.2) is 0 Å². The van der Waals surface area contributed by atoms with E-state index in [-0.39, 0.29) is 11.3 Å². The van der Waals surface area contributed by atoms with Crippen LogP contribution < -0.4 is 4.72 Å². The Bertz CT molecular complexity index is 562. The molecule has 0 radical (unpaired) electrons. The largest absolute Gasteiger partial charge is 0.463 e. The molecule has 7 heteroatoms. The van der Waals surface area contributed by atoms with Gasteiger partial charge < -0.3 is 4.74 Å². The molecule has 0 aromatic heterocycles. The first-order chi connectivity index (χ1) is 8.89. The molecule has 1 aromatic rings. The predicted octanol–water partition coefficient (Wildman–Crippen LogP) is 1.19. The molecule has 19 heavy (non-hydrogen) atoms. The number of hydrogen-bond acceptors (Lipinski definition) is 5. The zero-order valence-corrected chi connectivity index (χ0v) is 11.5. The van der Waals surface area contributed by atoms with Crippen LogP contribution in [0.15, 0.2) is 24.3 Å². The van der Waals surface area contributed by atoms with Crippen molar-refractivity contribution in [1.82, 2.24) is 0 Å². The van der Waals surface area contributed by atoms with Gasteiger partial charge >= 0.3 is 5.97 Å². The molecule has 1 aromatic carbocycles. The lowest BCUT2D eigenvalue weighted by Crippen LogP contribution is -2.17. The first-order valence-electron chi connectivity index (χ1n) is 5.63. The van der Waals surface area contributed by atoms with Gasteiger partial charge in [0, 0.05) is 11.3 Å². The van der Waals surface area contributed by atoms with Crippen LogP contribution in [0.3, 0.4) is 0 Å². The van der Waals surface area contributed by atoms with Gasteiger partial charge in [-0.05, 0) is 30.7 Å². The van der Waals surface area contributed by atoms with Crippen LogP contribution >= 0.6 is 0 Å². The second-order valence-corrected chi connectivity index (χ2v) is 5.66. The third-order valence-corrected chi connectivity index (χ3v) is 3.76. The number of hydrogen-bond donors (Lipinski definition) is 1. The van der Waals surface area contributed by atoms with Crippen molar-refractivity contribution in [3.63, 3.8) is 0 Å². The summed E-state index contributed by atoms with van der Waals surface area (Å²) in [5.41, 5.74) is 0.486. The summed E-state index contributed by atoms with van der Waals surface area (Å²) >= 11 is 0. The highest BCUT2D eigenvalue weighted by Crippen LogP contribution is 2.12. The molecule has 0 spiro atoms. The second-order valence-electron chi connectivity index (χ2n) is 3.82. The van der Waals surface area contributed by atoms with Gasteiger partial charge in [0.05, 0.1) is 12.9 Å². The number of carbonyl (C=O) groups is 2. The minimum absolute atomic E-state index is 0.0237. The summed E-state index contributed by atoms with van der Waals surface area (Å²) < 4.78 is 29.7. The van der Waals surface area contributed by atoms with Gasteiger partial charge in [-0.25, -0.2) is 13.2 Å². The van der Waals surface area contributed by atoms with Crippen molar-refractivity contribution in [1.29, 1.82) is 0 Å². The molecule has 1 N–H and O–H groups in total. The van der Waals surface area contributed by atoms with E-state index in [2.05, 4.69) is 9.46 Å². The molecule has 0 bridgehead atoms. The topological polar surface area (TPSA) is 89.5 Å². The maximum atomic E-state index is 11.5. The Balaban J connectivity index is 2.83. The average Bonchev–Trinajstić information content (AvgIpc) is 2.37. The molecule has 0 unspecified atom stereocenters. The van der Waals surface area contributed by atoms with Crippen LogP contribution in [0.1, 0.15) is 23.7 Å². The van der Waals surface area contributed by atoms with Gasteiger partial charge in [-0.2, -0.15) is 0 Å². The molecular weight excluding hydrogens is 270 g/mol. The zero-order valence-electron chi connectivity index (χ0n) is 10.7. The summed E-state index contributed by atoms with van der Waals surface area (Å²) in [6.07, 6.45) is 0.508. The molecule has 0 fully saturated rings. The van der Waals surface area contributed by atoms with Crippen molar-refractivity contribution in [2.24, 2.45) is 0 Å². The van der Waals surface area contributed by atoms with E-state index in [1.807, 2.05) is 0 Å². The second kappa shape index (κ2) is 6.33. The Hall–Kier alpha value is -1.89. The van der Waals surface area contributed by atoms with Crippen LogP contribution in [0.2, 0.25) is 0 Å². The Labute approximate surface area is 111 Å². The van der Waals surface area contributed by atoms with E-state index in [0.717, 1.165) is 7.11 Å². The molecule has 6 nitrogen and oxygen atoms in total. The van der Waals surface area contributed by atoms with Crippen molar-refractivity contribution in [2.45, 2.75) is 13.3 Å². The summed E-state index contributed by atoms with van der Waals surface area (Å²) in [7, 11) is -2.25. The number of Topliss-reactive ketones (excluding diaryl/α,β-unsaturated/α-hetero) is 1. The van der Waals surface area contributed by atoms with Gasteiger partial charge in [-0.3, -0.25) is 9.52 Å². The molecule has 0 aliphatic rings. The number of rotatable bonds is 6. The van der Waals surface area contributed by atoms with Gasteiger partial charge in [0.25, 0.3) is 5.78 Å². The minimum Gasteiger partial charge on any atom is -0.463 e. The summed E-state index contributed by atoms with van der Waals surface area (Å²) in [4.78, 5) is 22.5. The summed E-state index contributed by atoms with van der Waals surface area (Å²) in [6, 6.07) is 5.57. The van der Waals surface area contributed by atoms with Gasteiger partial charge in [-0.15, -0.1) is 0 Å². The molecule has 0 aliphatic carbocycles. The fourth-order valence-corrected chi connectivity index (χ4v) is 2.53. The van der Waals surface area contributed by atoms with E-state index in [1.165, 1.54) is 24.3 Å². The van der Waals surface area contributed by atoms with Crippen LogP contribution in [0.4, 0.5) is 5.69 Å². The maximum absolute atomic E-state index is 11.5. The Morgan fingerprint density at radius 3 is 2.26 bits per heavy atom. The summed E-state index contributed by atoms with van der Waals surface area (Å²) in [5.74, 6) is -1.71. The SMILES string of the molecule is CCCS(=O)(=O)Nc1ccc(C(=O)C(=O)OC)cc1. The quantitative estimate of drug-likeness (QED) is 0.482. The predicted molar refractivity (Wildman–Crippen MR) is 70.5 cm³/mol. The number of anilines is 1. The van der Waals surface area contributed by atoms with Crippen LogP contribution in [-0.2, 0) is 19.6 Å². The minimum atomic E-state index is -3.37. The number of benzene rings is 1. The number of ether oxygens (including phenoxy) is 1. The average molecular weight is 285 g/mol. The molecular formula is C12H15NO5S. The molecule has 0 saturated carbocycles. The van der Waals surface area contributed by atoms with E-state index in [1.54, 1.807) is 6.92 Å². The molecule has 104 valence electrons. The number of methoxy groups -OCH3 is 1. The fourth-order valence-electron chi connectivity index (χ4n) is 1.40. The van der Waals surface area contributed by atoms with Crippen molar-refractivity contribution < 1.29 is 22.7 Å². The highest BCUT2D eigenvalue weighted by atomic mass is 32.2. The van der Waals surface area contributed by atoms with E-state index in [0.29, 0.717) is 12.1 Å². The van der Waals surface area contributed by atoms with Gasteiger partial charge in [0.1, 0.15) is 0 Å². The summed E-state index contributed by atoms with van der Waals surface area (Å²) in [5, 5.41) is 0. The standard InChI is InChI=1S/C12H15NO5S/c1-3-8-19(16,17)13-10-6-4-9(5-7-10)11(14)12(15)18-2/h4-7,13H,3,8H2,1-2H3. The van der Waals surface area contributed by atoms with Crippen LogP contribution in [0, 0.1) is 0 Å². The van der Waals surface area contributed by atoms with E-state index in [9.17, 15) is 18.0 Å². The Morgan fingerprint density at radius 1 is 1.21 bits per heavy atom. The maximum Gasteiger partial charge on any atom is 0.379 e. The third kappa shape index (κ3) is 4.36. The zero-order chi connectivity index (χ0) is 14.5. The molecule has 0 heterocycles. The number of carbonyl (C=O) groups excluding carboxylic acids is 2.